The number of rotatable bonds is 5. The maximum absolute atomic E-state index is 11.6. The standard InChI is InChI=1S/C12H16O2S/c1-3-4-5-12(13)10-6-8-11(9-7-10)15(2)14/h6-9H,3-5H2,1-2H3. The first kappa shape index (κ1) is 12.3. The van der Waals surface area contributed by atoms with E-state index in [0.29, 0.717) is 6.42 Å². The molecule has 0 spiro atoms. The molecule has 1 unspecified atom stereocenters. The van der Waals surface area contributed by atoms with Gasteiger partial charge in [0, 0.05) is 12.0 Å². The molecule has 1 aromatic carbocycles. The summed E-state index contributed by atoms with van der Waals surface area (Å²) in [5.74, 6) is 0.172. The minimum Gasteiger partial charge on any atom is -0.612 e. The van der Waals surface area contributed by atoms with Gasteiger partial charge in [0.1, 0.15) is 6.26 Å². The molecule has 0 N–H and O–H groups in total. The molecule has 0 saturated heterocycles. The average molecular weight is 224 g/mol. The molecular formula is C12H16O2S. The lowest BCUT2D eigenvalue weighted by Gasteiger charge is -2.04. The van der Waals surface area contributed by atoms with Gasteiger partial charge in [-0.05, 0) is 41.9 Å². The van der Waals surface area contributed by atoms with Crippen LogP contribution in [0.1, 0.15) is 36.5 Å². The van der Waals surface area contributed by atoms with E-state index in [0.717, 1.165) is 23.3 Å². The molecule has 3 heteroatoms. The lowest BCUT2D eigenvalue weighted by Crippen LogP contribution is -2.01. The van der Waals surface area contributed by atoms with Crippen LogP contribution in [0.5, 0.6) is 0 Å². The van der Waals surface area contributed by atoms with E-state index in [1.807, 2.05) is 0 Å². The Morgan fingerprint density at radius 3 is 2.40 bits per heavy atom. The molecule has 15 heavy (non-hydrogen) atoms. The number of benzene rings is 1. The monoisotopic (exact) mass is 224 g/mol. The van der Waals surface area contributed by atoms with Crippen LogP contribution in [0.3, 0.4) is 0 Å². The first-order chi connectivity index (χ1) is 7.15. The molecule has 1 rings (SSSR count). The van der Waals surface area contributed by atoms with Crippen LogP contribution in [0.4, 0.5) is 0 Å². The Bertz CT molecular complexity index is 317. The van der Waals surface area contributed by atoms with Crippen LogP contribution in [0, 0.1) is 0 Å². The third-order valence-electron chi connectivity index (χ3n) is 2.27. The van der Waals surface area contributed by atoms with Gasteiger partial charge in [-0.25, -0.2) is 0 Å². The molecule has 0 aliphatic carbocycles. The van der Waals surface area contributed by atoms with Crippen LogP contribution in [0.25, 0.3) is 0 Å². The van der Waals surface area contributed by atoms with Gasteiger partial charge in [0.2, 0.25) is 0 Å². The van der Waals surface area contributed by atoms with Crippen molar-refractivity contribution in [3.63, 3.8) is 0 Å². The van der Waals surface area contributed by atoms with Crippen LogP contribution < -0.4 is 0 Å². The van der Waals surface area contributed by atoms with E-state index in [-0.39, 0.29) is 5.78 Å². The highest BCUT2D eigenvalue weighted by Crippen LogP contribution is 2.12. The van der Waals surface area contributed by atoms with Crippen molar-refractivity contribution in [1.82, 2.24) is 0 Å². The second-order valence-electron chi connectivity index (χ2n) is 3.51. The Morgan fingerprint density at radius 1 is 1.33 bits per heavy atom. The molecule has 0 aromatic heterocycles. The zero-order valence-corrected chi connectivity index (χ0v) is 9.97. The summed E-state index contributed by atoms with van der Waals surface area (Å²) in [5, 5.41) is 0. The van der Waals surface area contributed by atoms with Gasteiger partial charge >= 0.3 is 0 Å². The van der Waals surface area contributed by atoms with Crippen molar-refractivity contribution in [2.45, 2.75) is 31.1 Å². The van der Waals surface area contributed by atoms with E-state index in [9.17, 15) is 9.35 Å². The number of hydrogen-bond acceptors (Lipinski definition) is 2. The van der Waals surface area contributed by atoms with Gasteiger partial charge in [0.05, 0.1) is 0 Å². The molecule has 82 valence electrons. The van der Waals surface area contributed by atoms with E-state index < -0.39 is 11.2 Å². The van der Waals surface area contributed by atoms with Crippen molar-refractivity contribution in [1.29, 1.82) is 0 Å². The van der Waals surface area contributed by atoms with Gasteiger partial charge in [-0.1, -0.05) is 13.3 Å². The van der Waals surface area contributed by atoms with Gasteiger partial charge in [-0.2, -0.15) is 0 Å². The fourth-order valence-electron chi connectivity index (χ4n) is 1.31. The lowest BCUT2D eigenvalue weighted by atomic mass is 10.1. The van der Waals surface area contributed by atoms with E-state index in [4.69, 9.17) is 0 Å². The predicted molar refractivity (Wildman–Crippen MR) is 62.6 cm³/mol. The summed E-state index contributed by atoms with van der Waals surface area (Å²) in [7, 11) is 0. The maximum atomic E-state index is 11.6. The van der Waals surface area contributed by atoms with Gasteiger partial charge in [0.15, 0.2) is 10.7 Å². The van der Waals surface area contributed by atoms with Crippen LogP contribution in [-0.4, -0.2) is 16.6 Å². The van der Waals surface area contributed by atoms with Gasteiger partial charge in [-0.3, -0.25) is 4.79 Å². The number of ketones is 1. The molecule has 0 aliphatic heterocycles. The van der Waals surface area contributed by atoms with Gasteiger partial charge in [0.25, 0.3) is 0 Å². The Kier molecular flexibility index (Phi) is 4.85. The number of carbonyl (C=O) groups excluding carboxylic acids is 1. The molecule has 2 nitrogen and oxygen atoms in total. The Hall–Kier alpha value is -0.800. The second-order valence-corrected chi connectivity index (χ2v) is 4.88. The minimum absolute atomic E-state index is 0.172. The molecule has 0 bridgehead atoms. The van der Waals surface area contributed by atoms with Crippen molar-refractivity contribution in [2.24, 2.45) is 0 Å². The van der Waals surface area contributed by atoms with Crippen LogP contribution in [0.2, 0.25) is 0 Å². The van der Waals surface area contributed by atoms with Crippen LogP contribution in [0.15, 0.2) is 29.2 Å². The number of unbranched alkanes of at least 4 members (excludes halogenated alkanes) is 1. The van der Waals surface area contributed by atoms with Crippen LogP contribution in [-0.2, 0) is 11.2 Å². The van der Waals surface area contributed by atoms with Gasteiger partial charge < -0.3 is 4.55 Å². The Balaban J connectivity index is 2.67. The third kappa shape index (κ3) is 3.68. The largest absolute Gasteiger partial charge is 0.612 e. The third-order valence-corrected chi connectivity index (χ3v) is 3.20. The number of carbonyl (C=O) groups is 1. The van der Waals surface area contributed by atoms with E-state index >= 15 is 0 Å². The second kappa shape index (κ2) is 5.93. The highest BCUT2D eigenvalue weighted by atomic mass is 32.2. The SMILES string of the molecule is CCCCC(=O)c1ccc([S+](C)[O-])cc1. The predicted octanol–water partition coefficient (Wildman–Crippen LogP) is 2.80. The van der Waals surface area contributed by atoms with Crippen molar-refractivity contribution >= 4 is 17.0 Å². The van der Waals surface area contributed by atoms with Crippen molar-refractivity contribution in [3.05, 3.63) is 29.8 Å². The first-order valence-electron chi connectivity index (χ1n) is 5.12. The van der Waals surface area contributed by atoms with E-state index in [1.54, 1.807) is 30.5 Å². The van der Waals surface area contributed by atoms with E-state index in [2.05, 4.69) is 6.92 Å². The van der Waals surface area contributed by atoms with Gasteiger partial charge in [-0.15, -0.1) is 0 Å². The van der Waals surface area contributed by atoms with E-state index in [1.165, 1.54) is 0 Å². The molecule has 0 amide bonds. The first-order valence-corrected chi connectivity index (χ1v) is 6.67. The fourth-order valence-corrected chi connectivity index (χ4v) is 1.83. The normalized spacial score (nSPS) is 12.5. The number of hydrogen-bond donors (Lipinski definition) is 0. The summed E-state index contributed by atoms with van der Waals surface area (Å²) >= 11 is -0.967. The average Bonchev–Trinajstić information content (AvgIpc) is 2.26. The maximum Gasteiger partial charge on any atom is 0.162 e. The summed E-state index contributed by atoms with van der Waals surface area (Å²) in [6, 6.07) is 7.04. The molecule has 0 heterocycles. The molecule has 0 saturated carbocycles. The summed E-state index contributed by atoms with van der Waals surface area (Å²) in [4.78, 5) is 12.4. The Morgan fingerprint density at radius 2 is 1.93 bits per heavy atom. The van der Waals surface area contributed by atoms with Crippen molar-refractivity contribution in [2.75, 3.05) is 6.26 Å². The summed E-state index contributed by atoms with van der Waals surface area (Å²) < 4.78 is 11.1. The fraction of sp³-hybridized carbons (Fsp3) is 0.417. The molecule has 0 radical (unpaired) electrons. The lowest BCUT2D eigenvalue weighted by molar-refractivity contribution is 0.0979. The summed E-state index contributed by atoms with van der Waals surface area (Å²) in [6.07, 6.45) is 4.20. The molecule has 0 aliphatic rings. The highest BCUT2D eigenvalue weighted by molar-refractivity contribution is 7.90. The molecular weight excluding hydrogens is 208 g/mol. The Labute approximate surface area is 93.9 Å². The zero-order valence-electron chi connectivity index (χ0n) is 9.16. The quantitative estimate of drug-likeness (QED) is 0.570. The number of Topliss-reactive ketones (excluding diaryl/α,β-unsaturated/α-hetero) is 1. The smallest absolute Gasteiger partial charge is 0.162 e. The van der Waals surface area contributed by atoms with Crippen molar-refractivity contribution < 1.29 is 9.35 Å². The highest BCUT2D eigenvalue weighted by Gasteiger charge is 2.07. The summed E-state index contributed by atoms with van der Waals surface area (Å²) in [5.41, 5.74) is 0.720. The zero-order chi connectivity index (χ0) is 11.3. The minimum atomic E-state index is -0.967. The topological polar surface area (TPSA) is 40.1 Å². The molecule has 0 fully saturated rings. The summed E-state index contributed by atoms with van der Waals surface area (Å²) in [6.45, 7) is 2.07. The van der Waals surface area contributed by atoms with Crippen LogP contribution >= 0.6 is 0 Å². The molecule has 1 atom stereocenters. The van der Waals surface area contributed by atoms with Crippen molar-refractivity contribution in [3.8, 4) is 0 Å². The molecule has 1 aromatic rings.